The Labute approximate surface area is 242 Å². The molecule has 3 rings (SSSR count). The molecule has 0 aliphatic heterocycles. The molecule has 0 bridgehead atoms. The molecule has 0 spiro atoms. The fraction of sp³-hybridized carbons (Fsp3) is 0.590. The highest BCUT2D eigenvalue weighted by Gasteiger charge is 2.43. The minimum absolute atomic E-state index is 0.126. The van der Waals surface area contributed by atoms with Crippen molar-refractivity contribution < 1.29 is 0 Å². The minimum atomic E-state index is 0.126. The zero-order chi connectivity index (χ0) is 28.5. The first-order valence-corrected chi connectivity index (χ1v) is 16.2. The Morgan fingerprint density at radius 2 is 0.974 bits per heavy atom. The lowest BCUT2D eigenvalue weighted by atomic mass is 9.68. The number of hydrogen-bond acceptors (Lipinski definition) is 0. The summed E-state index contributed by atoms with van der Waals surface area (Å²) in [4.78, 5) is 0. The summed E-state index contributed by atoms with van der Waals surface area (Å²) in [5.74, 6) is 0. The first-order valence-electron chi connectivity index (χ1n) is 16.2. The lowest BCUT2D eigenvalue weighted by Gasteiger charge is -2.35. The van der Waals surface area contributed by atoms with Gasteiger partial charge in [-0.05, 0) is 95.6 Å². The first kappa shape index (κ1) is 31.4. The second-order valence-electron chi connectivity index (χ2n) is 13.6. The second kappa shape index (κ2) is 14.0. The van der Waals surface area contributed by atoms with Gasteiger partial charge in [0.1, 0.15) is 0 Å². The molecule has 0 saturated heterocycles. The molecule has 0 heterocycles. The molecule has 0 aromatic heterocycles. The van der Waals surface area contributed by atoms with Gasteiger partial charge in [-0.15, -0.1) is 13.2 Å². The number of rotatable bonds is 18. The Balaban J connectivity index is 2.09. The second-order valence-corrected chi connectivity index (χ2v) is 13.6. The zero-order valence-corrected chi connectivity index (χ0v) is 26.4. The van der Waals surface area contributed by atoms with Crippen LogP contribution in [0.1, 0.15) is 154 Å². The molecule has 1 aliphatic carbocycles. The topological polar surface area (TPSA) is 0 Å². The first-order chi connectivity index (χ1) is 18.7. The number of benzene rings is 2. The van der Waals surface area contributed by atoms with Crippen LogP contribution in [0, 0.1) is 0 Å². The van der Waals surface area contributed by atoms with E-state index in [1.54, 1.807) is 11.1 Å². The van der Waals surface area contributed by atoms with Crippen molar-refractivity contribution in [3.8, 4) is 11.1 Å². The highest BCUT2D eigenvalue weighted by Crippen LogP contribution is 2.56. The molecule has 2 aromatic carbocycles. The number of allylic oxidation sites excluding steroid dienone is 2. The molecule has 0 N–H and O–H groups in total. The predicted molar refractivity (Wildman–Crippen MR) is 175 cm³/mol. The van der Waals surface area contributed by atoms with Gasteiger partial charge in [0.15, 0.2) is 0 Å². The maximum Gasteiger partial charge on any atom is 0.0215 e. The molecule has 214 valence electrons. The number of hydrogen-bond donors (Lipinski definition) is 0. The van der Waals surface area contributed by atoms with Crippen LogP contribution in [-0.2, 0) is 16.2 Å². The summed E-state index contributed by atoms with van der Waals surface area (Å²) in [6.07, 6.45) is 21.7. The van der Waals surface area contributed by atoms with Crippen LogP contribution < -0.4 is 0 Å². The van der Waals surface area contributed by atoms with E-state index in [9.17, 15) is 0 Å². The molecule has 0 heteroatoms. The van der Waals surface area contributed by atoms with E-state index >= 15 is 0 Å². The minimum Gasteiger partial charge on any atom is -0.103 e. The molecule has 1 aliphatic rings. The Kier molecular flexibility index (Phi) is 11.3. The van der Waals surface area contributed by atoms with Crippen LogP contribution in [0.5, 0.6) is 0 Å². The van der Waals surface area contributed by atoms with Gasteiger partial charge >= 0.3 is 0 Å². The van der Waals surface area contributed by atoms with Gasteiger partial charge in [-0.2, -0.15) is 0 Å². The van der Waals surface area contributed by atoms with Crippen molar-refractivity contribution in [1.29, 1.82) is 0 Å². The average Bonchev–Trinajstić information content (AvgIpc) is 3.21. The average molecular weight is 527 g/mol. The fourth-order valence-electron chi connectivity index (χ4n) is 6.55. The quantitative estimate of drug-likeness (QED) is 0.134. The van der Waals surface area contributed by atoms with Gasteiger partial charge < -0.3 is 0 Å². The largest absolute Gasteiger partial charge is 0.103 e. The molecular weight excluding hydrogens is 468 g/mol. The molecule has 0 atom stereocenters. The summed E-state index contributed by atoms with van der Waals surface area (Å²) in [5, 5.41) is 0. The van der Waals surface area contributed by atoms with E-state index in [2.05, 4.69) is 103 Å². The van der Waals surface area contributed by atoms with Crippen LogP contribution in [-0.4, -0.2) is 0 Å². The normalized spacial score (nSPS) is 14.2. The Hall–Kier alpha value is -2.08. The van der Waals surface area contributed by atoms with Gasteiger partial charge in [0, 0.05) is 5.41 Å². The molecular formula is C39H58. The predicted octanol–water partition coefficient (Wildman–Crippen LogP) is 12.4. The zero-order valence-electron chi connectivity index (χ0n) is 26.4. The molecule has 2 aromatic rings. The van der Waals surface area contributed by atoms with Crippen LogP contribution >= 0.6 is 0 Å². The highest BCUT2D eigenvalue weighted by atomic mass is 14.5. The standard InChI is InChI=1S/C39H58/c1-9-13-15-17-19-21-27-39(28-22-20-18-16-14-10-2)35-29-31(37(5,6)11-3)23-25-33(35)34-26-24-32(30-36(34)39)38(7,8)12-4/h9-10,23-26,29-30H,1-2,11-22,27-28H2,3-8H3. The van der Waals surface area contributed by atoms with E-state index in [1.165, 1.54) is 86.5 Å². The summed E-state index contributed by atoms with van der Waals surface area (Å²) in [6, 6.07) is 15.1. The molecule has 0 saturated carbocycles. The van der Waals surface area contributed by atoms with Crippen molar-refractivity contribution in [2.24, 2.45) is 0 Å². The van der Waals surface area contributed by atoms with Gasteiger partial charge in [-0.1, -0.05) is 129 Å². The summed E-state index contributed by atoms with van der Waals surface area (Å²) < 4.78 is 0. The third kappa shape index (κ3) is 7.17. The van der Waals surface area contributed by atoms with E-state index in [0.717, 1.165) is 25.7 Å². The van der Waals surface area contributed by atoms with Crippen LogP contribution in [0.3, 0.4) is 0 Å². The van der Waals surface area contributed by atoms with Gasteiger partial charge in [0.05, 0.1) is 0 Å². The third-order valence-electron chi connectivity index (χ3n) is 10.2. The summed E-state index contributed by atoms with van der Waals surface area (Å²) in [6.45, 7) is 22.2. The molecule has 0 radical (unpaired) electrons. The van der Waals surface area contributed by atoms with E-state index in [1.807, 2.05) is 0 Å². The summed E-state index contributed by atoms with van der Waals surface area (Å²) >= 11 is 0. The molecule has 39 heavy (non-hydrogen) atoms. The van der Waals surface area contributed by atoms with Crippen LogP contribution in [0.15, 0.2) is 61.7 Å². The number of fused-ring (bicyclic) bond motifs is 3. The van der Waals surface area contributed by atoms with Crippen LogP contribution in [0.25, 0.3) is 11.1 Å². The molecule has 0 amide bonds. The van der Waals surface area contributed by atoms with Crippen LogP contribution in [0.4, 0.5) is 0 Å². The number of unbranched alkanes of at least 4 members (excludes halogenated alkanes) is 8. The fourth-order valence-corrected chi connectivity index (χ4v) is 6.55. The van der Waals surface area contributed by atoms with Gasteiger partial charge in [0.2, 0.25) is 0 Å². The maximum atomic E-state index is 3.93. The Bertz CT molecular complexity index is 992. The Morgan fingerprint density at radius 3 is 1.33 bits per heavy atom. The van der Waals surface area contributed by atoms with Crippen molar-refractivity contribution in [3.05, 3.63) is 84.0 Å². The monoisotopic (exact) mass is 526 g/mol. The van der Waals surface area contributed by atoms with Crippen LogP contribution in [0.2, 0.25) is 0 Å². The molecule has 0 nitrogen and oxygen atoms in total. The summed E-state index contributed by atoms with van der Waals surface area (Å²) in [5.41, 5.74) is 9.78. The van der Waals surface area contributed by atoms with Gasteiger partial charge in [0.25, 0.3) is 0 Å². The van der Waals surface area contributed by atoms with E-state index in [0.29, 0.717) is 0 Å². The summed E-state index contributed by atoms with van der Waals surface area (Å²) in [7, 11) is 0. The van der Waals surface area contributed by atoms with Crippen molar-refractivity contribution in [3.63, 3.8) is 0 Å². The SMILES string of the molecule is C=CCCCCCCC1(CCCCCCC=C)c2cc(C(C)(C)CC)ccc2-c2ccc(C(C)(C)CC)cc21. The molecule has 0 unspecified atom stereocenters. The Morgan fingerprint density at radius 1 is 0.590 bits per heavy atom. The smallest absolute Gasteiger partial charge is 0.0215 e. The van der Waals surface area contributed by atoms with Gasteiger partial charge in [-0.3, -0.25) is 0 Å². The lowest BCUT2D eigenvalue weighted by Crippen LogP contribution is -2.27. The van der Waals surface area contributed by atoms with Gasteiger partial charge in [-0.25, -0.2) is 0 Å². The lowest BCUT2D eigenvalue weighted by molar-refractivity contribution is 0.397. The highest BCUT2D eigenvalue weighted by molar-refractivity contribution is 5.82. The maximum absolute atomic E-state index is 3.93. The van der Waals surface area contributed by atoms with E-state index < -0.39 is 0 Å². The van der Waals surface area contributed by atoms with E-state index in [-0.39, 0.29) is 16.2 Å². The van der Waals surface area contributed by atoms with Crippen molar-refractivity contribution >= 4 is 0 Å². The third-order valence-corrected chi connectivity index (χ3v) is 10.2. The van der Waals surface area contributed by atoms with Crippen molar-refractivity contribution in [1.82, 2.24) is 0 Å². The van der Waals surface area contributed by atoms with E-state index in [4.69, 9.17) is 0 Å². The molecule has 0 fully saturated rings. The van der Waals surface area contributed by atoms with Crippen molar-refractivity contribution in [2.45, 2.75) is 148 Å². The van der Waals surface area contributed by atoms with Crippen molar-refractivity contribution in [2.75, 3.05) is 0 Å².